The predicted octanol–water partition coefficient (Wildman–Crippen LogP) is 2.37. The molecule has 1 N–H and O–H groups in total. The molecule has 22 heavy (non-hydrogen) atoms. The number of amides is 1. The summed E-state index contributed by atoms with van der Waals surface area (Å²) in [4.78, 5) is 16.3. The SMILES string of the molecule is C[C@@H](NC(=O)CCCc1nc(C(C)(C)C)no1)[C@@H]1CCCO1. The van der Waals surface area contributed by atoms with Crippen LogP contribution in [-0.2, 0) is 21.4 Å². The third-order valence-electron chi connectivity index (χ3n) is 3.84. The smallest absolute Gasteiger partial charge is 0.226 e. The van der Waals surface area contributed by atoms with Gasteiger partial charge >= 0.3 is 0 Å². The second-order valence-electron chi connectivity index (χ2n) is 7.02. The first-order valence-corrected chi connectivity index (χ1v) is 8.10. The van der Waals surface area contributed by atoms with Crippen molar-refractivity contribution in [3.63, 3.8) is 0 Å². The minimum absolute atomic E-state index is 0.0542. The molecule has 0 aliphatic carbocycles. The van der Waals surface area contributed by atoms with Crippen molar-refractivity contribution >= 4 is 5.91 Å². The molecule has 1 aliphatic heterocycles. The second-order valence-corrected chi connectivity index (χ2v) is 7.02. The maximum atomic E-state index is 11.9. The minimum atomic E-state index is -0.115. The molecule has 0 unspecified atom stereocenters. The number of aryl methyl sites for hydroxylation is 1. The van der Waals surface area contributed by atoms with Gasteiger partial charge in [0.1, 0.15) is 0 Å². The van der Waals surface area contributed by atoms with E-state index in [4.69, 9.17) is 9.26 Å². The number of carbonyl (C=O) groups is 1. The van der Waals surface area contributed by atoms with Gasteiger partial charge in [-0.15, -0.1) is 0 Å². The van der Waals surface area contributed by atoms with E-state index in [1.807, 2.05) is 27.7 Å². The molecule has 0 bridgehead atoms. The first kappa shape index (κ1) is 16.9. The lowest BCUT2D eigenvalue weighted by atomic mass is 9.96. The van der Waals surface area contributed by atoms with Gasteiger partial charge in [0.25, 0.3) is 0 Å². The van der Waals surface area contributed by atoms with E-state index >= 15 is 0 Å². The van der Waals surface area contributed by atoms with Crippen molar-refractivity contribution in [1.29, 1.82) is 0 Å². The Morgan fingerprint density at radius 1 is 1.45 bits per heavy atom. The summed E-state index contributed by atoms with van der Waals surface area (Å²) in [5.74, 6) is 1.36. The zero-order valence-corrected chi connectivity index (χ0v) is 14.0. The van der Waals surface area contributed by atoms with Crippen LogP contribution in [0.15, 0.2) is 4.52 Å². The van der Waals surface area contributed by atoms with Crippen molar-refractivity contribution in [3.8, 4) is 0 Å². The molecular formula is C16H27N3O3. The standard InChI is InChI=1S/C16H27N3O3/c1-11(12-7-6-10-21-12)17-13(20)8-5-9-14-18-15(19-22-14)16(2,3)4/h11-12H,5-10H2,1-4H3,(H,17,20)/t11-,12+/m1/s1. The van der Waals surface area contributed by atoms with Gasteiger partial charge in [0.15, 0.2) is 5.82 Å². The summed E-state index contributed by atoms with van der Waals surface area (Å²) in [7, 11) is 0. The zero-order valence-electron chi connectivity index (χ0n) is 14.0. The molecule has 0 saturated carbocycles. The summed E-state index contributed by atoms with van der Waals surface area (Å²) in [5.41, 5.74) is -0.115. The number of hydrogen-bond donors (Lipinski definition) is 1. The average Bonchev–Trinajstić information content (AvgIpc) is 3.09. The van der Waals surface area contributed by atoms with E-state index < -0.39 is 0 Å². The highest BCUT2D eigenvalue weighted by molar-refractivity contribution is 5.76. The van der Waals surface area contributed by atoms with E-state index in [9.17, 15) is 4.79 Å². The number of hydrogen-bond acceptors (Lipinski definition) is 5. The van der Waals surface area contributed by atoms with Gasteiger partial charge in [-0.2, -0.15) is 4.98 Å². The summed E-state index contributed by atoms with van der Waals surface area (Å²) in [6.45, 7) is 8.93. The van der Waals surface area contributed by atoms with E-state index in [-0.39, 0.29) is 23.5 Å². The number of nitrogens with zero attached hydrogens (tertiary/aromatic N) is 2. The van der Waals surface area contributed by atoms with Gasteiger partial charge in [0.2, 0.25) is 11.8 Å². The molecular weight excluding hydrogens is 282 g/mol. The number of aromatic nitrogens is 2. The largest absolute Gasteiger partial charge is 0.376 e. The number of carbonyl (C=O) groups excluding carboxylic acids is 1. The summed E-state index contributed by atoms with van der Waals surface area (Å²) in [5, 5.41) is 6.99. The van der Waals surface area contributed by atoms with Crippen LogP contribution in [-0.4, -0.2) is 34.8 Å². The zero-order chi connectivity index (χ0) is 16.2. The van der Waals surface area contributed by atoms with Crippen LogP contribution < -0.4 is 5.32 Å². The van der Waals surface area contributed by atoms with Gasteiger partial charge in [0, 0.05) is 24.9 Å². The molecule has 1 aromatic rings. The molecule has 124 valence electrons. The quantitative estimate of drug-likeness (QED) is 0.873. The fourth-order valence-corrected chi connectivity index (χ4v) is 2.48. The van der Waals surface area contributed by atoms with E-state index in [2.05, 4.69) is 15.5 Å². The monoisotopic (exact) mass is 309 g/mol. The van der Waals surface area contributed by atoms with Crippen molar-refractivity contribution in [2.45, 2.75) is 77.4 Å². The van der Waals surface area contributed by atoms with Crippen molar-refractivity contribution in [2.75, 3.05) is 6.61 Å². The van der Waals surface area contributed by atoms with Gasteiger partial charge in [0.05, 0.1) is 12.1 Å². The van der Waals surface area contributed by atoms with Crippen LogP contribution >= 0.6 is 0 Å². The molecule has 1 fully saturated rings. The Bertz CT molecular complexity index is 487. The number of nitrogens with one attached hydrogen (secondary N) is 1. The summed E-state index contributed by atoms with van der Waals surface area (Å²) in [6, 6.07) is 0.0749. The van der Waals surface area contributed by atoms with E-state index in [0.717, 1.165) is 19.4 Å². The maximum Gasteiger partial charge on any atom is 0.226 e. The molecule has 0 spiro atoms. The van der Waals surface area contributed by atoms with E-state index in [0.29, 0.717) is 31.0 Å². The summed E-state index contributed by atoms with van der Waals surface area (Å²) in [6.07, 6.45) is 4.07. The number of rotatable bonds is 6. The third kappa shape index (κ3) is 4.80. The Hall–Kier alpha value is -1.43. The van der Waals surface area contributed by atoms with Crippen molar-refractivity contribution in [2.24, 2.45) is 0 Å². The van der Waals surface area contributed by atoms with Crippen molar-refractivity contribution in [1.82, 2.24) is 15.5 Å². The minimum Gasteiger partial charge on any atom is -0.376 e. The fraction of sp³-hybridized carbons (Fsp3) is 0.812. The van der Waals surface area contributed by atoms with Crippen LogP contribution in [0.4, 0.5) is 0 Å². The van der Waals surface area contributed by atoms with Gasteiger partial charge in [-0.05, 0) is 26.2 Å². The molecule has 1 amide bonds. The molecule has 0 radical (unpaired) electrons. The summed E-state index contributed by atoms with van der Waals surface area (Å²) >= 11 is 0. The molecule has 2 rings (SSSR count). The molecule has 6 heteroatoms. The lowest BCUT2D eigenvalue weighted by Crippen LogP contribution is -2.40. The van der Waals surface area contributed by atoms with E-state index in [1.165, 1.54) is 0 Å². The Kier molecular flexibility index (Phi) is 5.56. The predicted molar refractivity (Wildman–Crippen MR) is 82.5 cm³/mol. The van der Waals surface area contributed by atoms with E-state index in [1.54, 1.807) is 0 Å². The van der Waals surface area contributed by atoms with Gasteiger partial charge < -0.3 is 14.6 Å². The van der Waals surface area contributed by atoms with Crippen LogP contribution in [0.3, 0.4) is 0 Å². The third-order valence-corrected chi connectivity index (χ3v) is 3.84. The number of ether oxygens (including phenoxy) is 1. The maximum absolute atomic E-state index is 11.9. The van der Waals surface area contributed by atoms with Crippen LogP contribution in [0.5, 0.6) is 0 Å². The van der Waals surface area contributed by atoms with Crippen LogP contribution in [0, 0.1) is 0 Å². The molecule has 2 heterocycles. The molecule has 1 saturated heterocycles. The molecule has 2 atom stereocenters. The van der Waals surface area contributed by atoms with Gasteiger partial charge in [-0.25, -0.2) is 0 Å². The molecule has 6 nitrogen and oxygen atoms in total. The fourth-order valence-electron chi connectivity index (χ4n) is 2.48. The Morgan fingerprint density at radius 3 is 2.82 bits per heavy atom. The topological polar surface area (TPSA) is 77.3 Å². The average molecular weight is 309 g/mol. The summed E-state index contributed by atoms with van der Waals surface area (Å²) < 4.78 is 10.8. The van der Waals surface area contributed by atoms with Crippen LogP contribution in [0.1, 0.15) is 65.1 Å². The van der Waals surface area contributed by atoms with Crippen LogP contribution in [0.2, 0.25) is 0 Å². The Morgan fingerprint density at radius 2 is 2.23 bits per heavy atom. The highest BCUT2D eigenvalue weighted by Gasteiger charge is 2.24. The van der Waals surface area contributed by atoms with Crippen molar-refractivity contribution < 1.29 is 14.1 Å². The normalized spacial score (nSPS) is 20.1. The first-order chi connectivity index (χ1) is 10.4. The highest BCUT2D eigenvalue weighted by atomic mass is 16.5. The van der Waals surface area contributed by atoms with Crippen LogP contribution in [0.25, 0.3) is 0 Å². The Balaban J connectivity index is 1.69. The molecule has 0 aromatic carbocycles. The lowest BCUT2D eigenvalue weighted by Gasteiger charge is -2.19. The molecule has 1 aliphatic rings. The van der Waals surface area contributed by atoms with Gasteiger partial charge in [-0.3, -0.25) is 4.79 Å². The Labute approximate surface area is 132 Å². The highest BCUT2D eigenvalue weighted by Crippen LogP contribution is 2.19. The first-order valence-electron chi connectivity index (χ1n) is 8.10. The lowest BCUT2D eigenvalue weighted by molar-refractivity contribution is -0.122. The van der Waals surface area contributed by atoms with Gasteiger partial charge in [-0.1, -0.05) is 25.9 Å². The second kappa shape index (κ2) is 7.22. The van der Waals surface area contributed by atoms with Crippen molar-refractivity contribution in [3.05, 3.63) is 11.7 Å². The molecule has 1 aromatic heterocycles.